The Balaban J connectivity index is 1.96. The Morgan fingerprint density at radius 3 is 2.75 bits per heavy atom. The standard InChI is InChI=1S/C9H15NO2/c1-9(7-3-2-4-7)6-10-8(11)5-12-9/h7H,2-6H2,1H3,(H,10,11). The lowest BCUT2D eigenvalue weighted by molar-refractivity contribution is -0.153. The Kier molecular flexibility index (Phi) is 1.83. The number of ether oxygens (including phenoxy) is 1. The van der Waals surface area contributed by atoms with Crippen molar-refractivity contribution in [2.24, 2.45) is 5.92 Å². The molecule has 0 radical (unpaired) electrons. The lowest BCUT2D eigenvalue weighted by Crippen LogP contribution is -2.56. The van der Waals surface area contributed by atoms with E-state index in [4.69, 9.17) is 4.74 Å². The van der Waals surface area contributed by atoms with Gasteiger partial charge >= 0.3 is 0 Å². The van der Waals surface area contributed by atoms with Crippen LogP contribution in [0.3, 0.4) is 0 Å². The van der Waals surface area contributed by atoms with E-state index in [1.54, 1.807) is 0 Å². The molecule has 68 valence electrons. The van der Waals surface area contributed by atoms with Crippen LogP contribution in [-0.2, 0) is 9.53 Å². The van der Waals surface area contributed by atoms with Gasteiger partial charge in [0.2, 0.25) is 5.91 Å². The number of hydrogen-bond acceptors (Lipinski definition) is 2. The van der Waals surface area contributed by atoms with Gasteiger partial charge in [0.1, 0.15) is 6.61 Å². The summed E-state index contributed by atoms with van der Waals surface area (Å²) in [4.78, 5) is 10.8. The van der Waals surface area contributed by atoms with Gasteiger partial charge in [-0.15, -0.1) is 0 Å². The van der Waals surface area contributed by atoms with Gasteiger partial charge in [0.15, 0.2) is 0 Å². The molecule has 1 N–H and O–H groups in total. The van der Waals surface area contributed by atoms with E-state index in [0.717, 1.165) is 0 Å². The first kappa shape index (κ1) is 8.05. The summed E-state index contributed by atoms with van der Waals surface area (Å²) in [5.74, 6) is 0.685. The molecule has 1 aliphatic carbocycles. The zero-order valence-corrected chi connectivity index (χ0v) is 7.43. The third-order valence-corrected chi connectivity index (χ3v) is 3.14. The molecule has 2 rings (SSSR count). The molecule has 0 spiro atoms. The maximum absolute atomic E-state index is 10.8. The molecule has 0 aromatic rings. The molecule has 1 unspecified atom stereocenters. The van der Waals surface area contributed by atoms with E-state index >= 15 is 0 Å². The quantitative estimate of drug-likeness (QED) is 0.627. The smallest absolute Gasteiger partial charge is 0.246 e. The van der Waals surface area contributed by atoms with Crippen molar-refractivity contribution in [3.8, 4) is 0 Å². The third kappa shape index (κ3) is 1.22. The maximum atomic E-state index is 10.8. The summed E-state index contributed by atoms with van der Waals surface area (Å²) in [5, 5.41) is 2.86. The second-order valence-corrected chi connectivity index (χ2v) is 4.01. The van der Waals surface area contributed by atoms with Crippen molar-refractivity contribution in [2.75, 3.05) is 13.2 Å². The summed E-state index contributed by atoms with van der Waals surface area (Å²) in [6, 6.07) is 0. The fourth-order valence-corrected chi connectivity index (χ4v) is 1.89. The van der Waals surface area contributed by atoms with E-state index < -0.39 is 0 Å². The van der Waals surface area contributed by atoms with Gasteiger partial charge in [0.25, 0.3) is 0 Å². The predicted molar refractivity (Wildman–Crippen MR) is 44.7 cm³/mol. The molecule has 1 amide bonds. The summed E-state index contributed by atoms with van der Waals surface area (Å²) < 4.78 is 5.57. The average Bonchev–Trinajstić information content (AvgIpc) is 1.92. The van der Waals surface area contributed by atoms with E-state index in [1.807, 2.05) is 0 Å². The van der Waals surface area contributed by atoms with Crippen molar-refractivity contribution in [1.82, 2.24) is 5.32 Å². The molecule has 1 saturated carbocycles. The highest BCUT2D eigenvalue weighted by molar-refractivity contribution is 5.78. The van der Waals surface area contributed by atoms with Gasteiger partial charge < -0.3 is 10.1 Å². The van der Waals surface area contributed by atoms with Gasteiger partial charge in [-0.2, -0.15) is 0 Å². The molecule has 0 bridgehead atoms. The summed E-state index contributed by atoms with van der Waals surface area (Å²) >= 11 is 0. The Morgan fingerprint density at radius 1 is 1.58 bits per heavy atom. The number of nitrogens with one attached hydrogen (secondary N) is 1. The van der Waals surface area contributed by atoms with Crippen molar-refractivity contribution >= 4 is 5.91 Å². The van der Waals surface area contributed by atoms with E-state index in [9.17, 15) is 4.79 Å². The molecule has 1 atom stereocenters. The zero-order chi connectivity index (χ0) is 8.60. The molecular weight excluding hydrogens is 154 g/mol. The second kappa shape index (κ2) is 2.73. The van der Waals surface area contributed by atoms with Crippen LogP contribution in [0, 0.1) is 5.92 Å². The van der Waals surface area contributed by atoms with Crippen LogP contribution < -0.4 is 5.32 Å². The molecule has 1 saturated heterocycles. The number of hydrogen-bond donors (Lipinski definition) is 1. The molecule has 2 fully saturated rings. The van der Waals surface area contributed by atoms with Gasteiger partial charge in [-0.1, -0.05) is 6.42 Å². The van der Waals surface area contributed by atoms with Gasteiger partial charge in [-0.3, -0.25) is 4.79 Å². The molecule has 0 aromatic carbocycles. The first-order chi connectivity index (χ1) is 5.71. The van der Waals surface area contributed by atoms with Crippen molar-refractivity contribution in [1.29, 1.82) is 0 Å². The van der Waals surface area contributed by atoms with Crippen LogP contribution in [0.15, 0.2) is 0 Å². The number of carbonyl (C=O) groups excluding carboxylic acids is 1. The Hall–Kier alpha value is -0.570. The van der Waals surface area contributed by atoms with Crippen LogP contribution in [0.5, 0.6) is 0 Å². The van der Waals surface area contributed by atoms with Crippen LogP contribution in [0.1, 0.15) is 26.2 Å². The van der Waals surface area contributed by atoms with Crippen LogP contribution >= 0.6 is 0 Å². The molecule has 3 nitrogen and oxygen atoms in total. The highest BCUT2D eigenvalue weighted by Crippen LogP contribution is 2.38. The lowest BCUT2D eigenvalue weighted by atomic mass is 9.73. The molecule has 2 aliphatic rings. The first-order valence-corrected chi connectivity index (χ1v) is 4.61. The largest absolute Gasteiger partial charge is 0.363 e. The van der Waals surface area contributed by atoms with Gasteiger partial charge in [-0.25, -0.2) is 0 Å². The molecule has 3 heteroatoms. The van der Waals surface area contributed by atoms with E-state index in [0.29, 0.717) is 12.5 Å². The predicted octanol–water partition coefficient (Wildman–Crippen LogP) is 0.692. The van der Waals surface area contributed by atoms with Gasteiger partial charge in [-0.05, 0) is 25.7 Å². The molecule has 12 heavy (non-hydrogen) atoms. The fraction of sp³-hybridized carbons (Fsp3) is 0.889. The summed E-state index contributed by atoms with van der Waals surface area (Å²) in [6.45, 7) is 3.04. The third-order valence-electron chi connectivity index (χ3n) is 3.14. The van der Waals surface area contributed by atoms with Crippen LogP contribution in [0.2, 0.25) is 0 Å². The minimum absolute atomic E-state index is 0.0202. The lowest BCUT2D eigenvalue weighted by Gasteiger charge is -2.44. The molecular formula is C9H15NO2. The second-order valence-electron chi connectivity index (χ2n) is 4.01. The Bertz CT molecular complexity index is 189. The number of morpholine rings is 1. The topological polar surface area (TPSA) is 38.3 Å². The van der Waals surface area contributed by atoms with Crippen molar-refractivity contribution < 1.29 is 9.53 Å². The van der Waals surface area contributed by atoms with Gasteiger partial charge in [0, 0.05) is 6.54 Å². The first-order valence-electron chi connectivity index (χ1n) is 4.61. The maximum Gasteiger partial charge on any atom is 0.246 e. The number of rotatable bonds is 1. The number of amides is 1. The zero-order valence-electron chi connectivity index (χ0n) is 7.43. The highest BCUT2D eigenvalue weighted by Gasteiger charge is 2.41. The fourth-order valence-electron chi connectivity index (χ4n) is 1.89. The minimum atomic E-state index is -0.0772. The van der Waals surface area contributed by atoms with E-state index in [-0.39, 0.29) is 18.1 Å². The monoisotopic (exact) mass is 169 g/mol. The highest BCUT2D eigenvalue weighted by atomic mass is 16.5. The molecule has 1 heterocycles. The Morgan fingerprint density at radius 2 is 2.33 bits per heavy atom. The molecule has 0 aromatic heterocycles. The summed E-state index contributed by atoms with van der Waals surface area (Å²) in [7, 11) is 0. The van der Waals surface area contributed by atoms with Crippen molar-refractivity contribution in [3.05, 3.63) is 0 Å². The normalized spacial score (nSPS) is 37.2. The minimum Gasteiger partial charge on any atom is -0.363 e. The van der Waals surface area contributed by atoms with Crippen LogP contribution in [0.25, 0.3) is 0 Å². The van der Waals surface area contributed by atoms with Crippen molar-refractivity contribution in [2.45, 2.75) is 31.8 Å². The van der Waals surface area contributed by atoms with E-state index in [2.05, 4.69) is 12.2 Å². The van der Waals surface area contributed by atoms with Crippen LogP contribution in [0.4, 0.5) is 0 Å². The Labute approximate surface area is 72.5 Å². The molecule has 1 aliphatic heterocycles. The SMILES string of the molecule is CC1(C2CCC2)CNC(=O)CO1. The van der Waals surface area contributed by atoms with E-state index in [1.165, 1.54) is 19.3 Å². The van der Waals surface area contributed by atoms with Gasteiger partial charge in [0.05, 0.1) is 5.60 Å². The average molecular weight is 169 g/mol. The summed E-state index contributed by atoms with van der Waals surface area (Å²) in [5.41, 5.74) is -0.0772. The van der Waals surface area contributed by atoms with Crippen molar-refractivity contribution in [3.63, 3.8) is 0 Å². The number of carbonyl (C=O) groups is 1. The van der Waals surface area contributed by atoms with Crippen LogP contribution in [-0.4, -0.2) is 24.7 Å². The summed E-state index contributed by atoms with van der Waals surface area (Å²) in [6.07, 6.45) is 3.83.